The molecule has 2 rings (SSSR count). The Labute approximate surface area is 220 Å². The third-order valence-electron chi connectivity index (χ3n) is 4.66. The second kappa shape index (κ2) is 21.3. The first kappa shape index (κ1) is 31.1. The van der Waals surface area contributed by atoms with Crippen molar-refractivity contribution in [3.05, 3.63) is 71.8 Å². The van der Waals surface area contributed by atoms with Crippen LogP contribution < -0.4 is 0 Å². The molecule has 0 radical (unpaired) electrons. The fraction of sp³-hybridized carbons (Fsp3) is 0.556. The molecule has 2 aromatic carbocycles. The molecule has 184 valence electrons. The predicted octanol–water partition coefficient (Wildman–Crippen LogP) is 7.37. The molecular formula is C27H44Hf2O4. The first-order valence-electron chi connectivity index (χ1n) is 12.5. The predicted molar refractivity (Wildman–Crippen MR) is 130 cm³/mol. The van der Waals surface area contributed by atoms with E-state index >= 15 is 0 Å². The average molecular weight is 790 g/mol. The monoisotopic (exact) mass is 792 g/mol. The van der Waals surface area contributed by atoms with Gasteiger partial charge in [0.1, 0.15) is 0 Å². The Balaban J connectivity index is 0.000000361. The Kier molecular flexibility index (Phi) is 20.1. The third kappa shape index (κ3) is 15.6. The van der Waals surface area contributed by atoms with Crippen molar-refractivity contribution in [2.75, 3.05) is 26.4 Å². The molecule has 0 N–H and O–H groups in total. The van der Waals surface area contributed by atoms with E-state index in [9.17, 15) is 0 Å². The van der Waals surface area contributed by atoms with Gasteiger partial charge >= 0.3 is 222 Å². The summed E-state index contributed by atoms with van der Waals surface area (Å²) in [6.07, 6.45) is 5.47. The summed E-state index contributed by atoms with van der Waals surface area (Å²) >= 11 is -4.36. The summed E-state index contributed by atoms with van der Waals surface area (Å²) < 4.78 is 26.2. The van der Waals surface area contributed by atoms with E-state index in [0.717, 1.165) is 49.9 Å². The van der Waals surface area contributed by atoms with Gasteiger partial charge < -0.3 is 0 Å². The van der Waals surface area contributed by atoms with E-state index in [1.54, 1.807) is 0 Å². The Morgan fingerprint density at radius 1 is 0.606 bits per heavy atom. The van der Waals surface area contributed by atoms with Crippen molar-refractivity contribution in [3.8, 4) is 0 Å². The second-order valence-electron chi connectivity index (χ2n) is 7.90. The van der Waals surface area contributed by atoms with Crippen LogP contribution in [-0.4, -0.2) is 26.4 Å². The Morgan fingerprint density at radius 2 is 1.09 bits per heavy atom. The Hall–Kier alpha value is 0.0203. The van der Waals surface area contributed by atoms with E-state index in [4.69, 9.17) is 11.4 Å². The fourth-order valence-electron chi connectivity index (χ4n) is 2.92. The average Bonchev–Trinajstić information content (AvgIpc) is 2.86. The van der Waals surface area contributed by atoms with Crippen LogP contribution in [-0.2, 0) is 64.4 Å². The molecule has 4 nitrogen and oxygen atoms in total. The molecule has 0 heterocycles. The molecule has 0 atom stereocenters. The number of benzene rings is 2. The SMILES string of the molecule is CCCC[O][Hf][CH2]c1ccccc1.CCC[O][Hf]([CH2]c1ccccc1)([O]CCC)[O]CCC. The topological polar surface area (TPSA) is 36.9 Å². The first-order valence-corrected chi connectivity index (χ1v) is 23.5. The molecule has 0 aliphatic heterocycles. The minimum absolute atomic E-state index is 0.738. The zero-order valence-corrected chi connectivity index (χ0v) is 28.4. The van der Waals surface area contributed by atoms with Gasteiger partial charge in [-0.15, -0.1) is 0 Å². The molecule has 0 fully saturated rings. The minimum atomic E-state index is -3.59. The van der Waals surface area contributed by atoms with Gasteiger partial charge in [0, 0.05) is 0 Å². The van der Waals surface area contributed by atoms with Crippen molar-refractivity contribution < 1.29 is 56.0 Å². The molecule has 33 heavy (non-hydrogen) atoms. The van der Waals surface area contributed by atoms with Crippen LogP contribution in [0.1, 0.15) is 70.9 Å². The second-order valence-corrected chi connectivity index (χ2v) is 20.5. The number of hydrogen-bond donors (Lipinski definition) is 0. The number of rotatable bonds is 17. The molecule has 6 heteroatoms. The molecule has 0 spiro atoms. The maximum atomic E-state index is 6.16. The summed E-state index contributed by atoms with van der Waals surface area (Å²) in [4.78, 5) is 0. The zero-order valence-electron chi connectivity index (χ0n) is 21.2. The summed E-state index contributed by atoms with van der Waals surface area (Å²) in [6, 6.07) is 21.1. The summed E-state index contributed by atoms with van der Waals surface area (Å²) in [7, 11) is 0. The molecule has 0 amide bonds. The summed E-state index contributed by atoms with van der Waals surface area (Å²) in [5, 5.41) is 0. The molecular weight excluding hydrogens is 745 g/mol. The molecule has 0 bridgehead atoms. The fourth-order valence-corrected chi connectivity index (χ4v) is 16.0. The van der Waals surface area contributed by atoms with E-state index in [0.29, 0.717) is 0 Å². The maximum absolute atomic E-state index is 6.16. The van der Waals surface area contributed by atoms with Crippen LogP contribution in [0.3, 0.4) is 0 Å². The van der Waals surface area contributed by atoms with Crippen LogP contribution in [0.2, 0.25) is 0 Å². The zero-order chi connectivity index (χ0) is 24.0. The van der Waals surface area contributed by atoms with Crippen molar-refractivity contribution in [3.63, 3.8) is 0 Å². The van der Waals surface area contributed by atoms with Gasteiger partial charge in [0.2, 0.25) is 0 Å². The summed E-state index contributed by atoms with van der Waals surface area (Å²) in [5.41, 5.74) is 2.71. The van der Waals surface area contributed by atoms with Gasteiger partial charge in [-0.3, -0.25) is 0 Å². The summed E-state index contributed by atoms with van der Waals surface area (Å²) in [6.45, 7) is 11.8. The standard InChI is InChI=1S/2C7H7.C4H9O.3C3H7O.2Hf/c2*1-7-5-3-2-4-6-7;1-2-3-4-5;3*1-2-3-4;;/h2*2-6H,1H2;2-4H2,1H3;3*2-3H2,1H3;;/q;;4*-1;+1;+3. The van der Waals surface area contributed by atoms with E-state index < -0.39 is 44.6 Å². The van der Waals surface area contributed by atoms with Crippen molar-refractivity contribution in [1.82, 2.24) is 0 Å². The van der Waals surface area contributed by atoms with Crippen molar-refractivity contribution in [2.45, 2.75) is 68.2 Å². The first-order chi connectivity index (χ1) is 16.2. The van der Waals surface area contributed by atoms with Gasteiger partial charge in [0.15, 0.2) is 0 Å². The normalized spacial score (nSPS) is 11.0. The molecule has 0 saturated carbocycles. The van der Waals surface area contributed by atoms with Crippen LogP contribution in [0.4, 0.5) is 0 Å². The molecule has 0 saturated heterocycles. The van der Waals surface area contributed by atoms with E-state index in [1.165, 1.54) is 28.1 Å². The Bertz CT molecular complexity index is 649. The van der Waals surface area contributed by atoms with Gasteiger partial charge in [0.05, 0.1) is 0 Å². The van der Waals surface area contributed by atoms with E-state index in [1.807, 2.05) is 6.07 Å². The third-order valence-corrected chi connectivity index (χ3v) is 18.1. The van der Waals surface area contributed by atoms with Gasteiger partial charge in [-0.05, 0) is 0 Å². The van der Waals surface area contributed by atoms with Crippen LogP contribution >= 0.6 is 0 Å². The van der Waals surface area contributed by atoms with Crippen LogP contribution in [0.5, 0.6) is 0 Å². The molecule has 0 unspecified atom stereocenters. The molecule has 2 aromatic rings. The van der Waals surface area contributed by atoms with E-state index in [-0.39, 0.29) is 0 Å². The van der Waals surface area contributed by atoms with Crippen LogP contribution in [0.25, 0.3) is 0 Å². The van der Waals surface area contributed by atoms with Crippen LogP contribution in [0.15, 0.2) is 60.7 Å². The summed E-state index contributed by atoms with van der Waals surface area (Å²) in [5.74, 6) is 0. The van der Waals surface area contributed by atoms with Crippen molar-refractivity contribution in [2.24, 2.45) is 0 Å². The Morgan fingerprint density at radius 3 is 1.55 bits per heavy atom. The van der Waals surface area contributed by atoms with Crippen LogP contribution in [0, 0.1) is 0 Å². The molecule has 0 aromatic heterocycles. The van der Waals surface area contributed by atoms with Gasteiger partial charge in [-0.25, -0.2) is 0 Å². The number of unbranched alkanes of at least 4 members (excludes halogenated alkanes) is 1. The number of hydrogen-bond acceptors (Lipinski definition) is 4. The van der Waals surface area contributed by atoms with E-state index in [2.05, 4.69) is 82.3 Å². The van der Waals surface area contributed by atoms with Gasteiger partial charge in [0.25, 0.3) is 0 Å². The molecule has 0 aliphatic rings. The van der Waals surface area contributed by atoms with Crippen molar-refractivity contribution in [1.29, 1.82) is 0 Å². The quantitative estimate of drug-likeness (QED) is 0.124. The van der Waals surface area contributed by atoms with Gasteiger partial charge in [-0.1, -0.05) is 0 Å². The molecule has 0 aliphatic carbocycles. The van der Waals surface area contributed by atoms with Crippen molar-refractivity contribution >= 4 is 0 Å². The van der Waals surface area contributed by atoms with Gasteiger partial charge in [-0.2, -0.15) is 0 Å².